The number of ether oxygens (including phenoxy) is 1. The summed E-state index contributed by atoms with van der Waals surface area (Å²) < 4.78 is 5.09. The largest absolute Gasteiger partial charge is 0.500 e. The topological polar surface area (TPSA) is 114 Å². The molecule has 1 amide bonds. The number of nitro benzene ring substituents is 1. The van der Waals surface area contributed by atoms with Gasteiger partial charge in [0, 0.05) is 16.5 Å². The highest BCUT2D eigenvalue weighted by Crippen LogP contribution is 2.47. The fourth-order valence-corrected chi connectivity index (χ4v) is 5.85. The lowest BCUT2D eigenvalue weighted by molar-refractivity contribution is -0.386. The van der Waals surface area contributed by atoms with E-state index in [1.165, 1.54) is 24.1 Å². The Morgan fingerprint density at radius 2 is 2.10 bits per heavy atom. The number of carbonyl (C=O) groups is 1. The summed E-state index contributed by atoms with van der Waals surface area (Å²) in [5.41, 5.74) is 2.05. The maximum atomic E-state index is 13.0. The lowest BCUT2D eigenvalue weighted by Crippen LogP contribution is -2.38. The average molecular weight is 446 g/mol. The monoisotopic (exact) mass is 445 g/mol. The van der Waals surface area contributed by atoms with E-state index in [0.717, 1.165) is 36.2 Å². The summed E-state index contributed by atoms with van der Waals surface area (Å²) >= 11 is 1.61. The van der Waals surface area contributed by atoms with Gasteiger partial charge in [-0.25, -0.2) is 0 Å². The van der Waals surface area contributed by atoms with Crippen molar-refractivity contribution in [2.75, 3.05) is 12.4 Å². The molecule has 166 valence electrons. The van der Waals surface area contributed by atoms with E-state index >= 15 is 0 Å². The van der Waals surface area contributed by atoms with Gasteiger partial charge < -0.3 is 20.5 Å². The number of aromatic hydroxyl groups is 1. The second-order valence-electron chi connectivity index (χ2n) is 8.89. The van der Waals surface area contributed by atoms with Gasteiger partial charge in [-0.2, -0.15) is 0 Å². The van der Waals surface area contributed by atoms with Crippen molar-refractivity contribution < 1.29 is 19.6 Å². The van der Waals surface area contributed by atoms with Crippen LogP contribution in [0.4, 0.5) is 10.7 Å². The minimum atomic E-state index is -0.670. The van der Waals surface area contributed by atoms with E-state index in [1.54, 1.807) is 11.3 Å². The first-order valence-corrected chi connectivity index (χ1v) is 11.2. The summed E-state index contributed by atoms with van der Waals surface area (Å²) in [6.07, 6.45) is 3.37. The number of rotatable bonds is 5. The summed E-state index contributed by atoms with van der Waals surface area (Å²) in [6, 6.07) is 2.76. The fourth-order valence-electron chi connectivity index (χ4n) is 4.50. The molecule has 2 heterocycles. The molecule has 3 N–H and O–H groups in total. The predicted molar refractivity (Wildman–Crippen MR) is 119 cm³/mol. The Morgan fingerprint density at radius 3 is 2.74 bits per heavy atom. The summed E-state index contributed by atoms with van der Waals surface area (Å²) in [4.78, 5) is 24.9. The number of methoxy groups -OCH3 is 1. The molecule has 8 nitrogen and oxygen atoms in total. The number of carbonyl (C=O) groups excluding carboxylic acids is 1. The van der Waals surface area contributed by atoms with Gasteiger partial charge >= 0.3 is 5.69 Å². The van der Waals surface area contributed by atoms with Gasteiger partial charge in [0.1, 0.15) is 11.2 Å². The first kappa shape index (κ1) is 21.4. The van der Waals surface area contributed by atoms with Crippen LogP contribution in [0.25, 0.3) is 0 Å². The lowest BCUT2D eigenvalue weighted by Gasteiger charge is -2.36. The van der Waals surface area contributed by atoms with Crippen molar-refractivity contribution in [2.45, 2.75) is 52.6 Å². The summed E-state index contributed by atoms with van der Waals surface area (Å²) in [5, 5.41) is 28.4. The molecule has 0 saturated heterocycles. The van der Waals surface area contributed by atoms with Crippen molar-refractivity contribution in [3.05, 3.63) is 43.8 Å². The van der Waals surface area contributed by atoms with Gasteiger partial charge in [-0.05, 0) is 42.2 Å². The number of benzene rings is 1. The summed E-state index contributed by atoms with van der Waals surface area (Å²) in [5.74, 6) is -0.150. The molecule has 9 heteroatoms. The Kier molecular flexibility index (Phi) is 5.33. The van der Waals surface area contributed by atoms with Crippen molar-refractivity contribution >= 4 is 27.9 Å². The van der Waals surface area contributed by atoms with Crippen LogP contribution in [0.2, 0.25) is 0 Å². The molecular weight excluding hydrogens is 418 g/mol. The van der Waals surface area contributed by atoms with Crippen LogP contribution in [0.3, 0.4) is 0 Å². The maximum absolute atomic E-state index is 13.0. The minimum absolute atomic E-state index is 0.0128. The quantitative estimate of drug-likeness (QED) is 0.451. The number of nitrogens with one attached hydrogen (secondary N) is 2. The van der Waals surface area contributed by atoms with Crippen LogP contribution in [-0.2, 0) is 12.8 Å². The summed E-state index contributed by atoms with van der Waals surface area (Å²) in [6.45, 7) is 6.84. The Morgan fingerprint density at radius 1 is 1.35 bits per heavy atom. The number of nitro groups is 1. The van der Waals surface area contributed by atoms with Crippen molar-refractivity contribution in [1.82, 2.24) is 5.32 Å². The second-order valence-corrected chi connectivity index (χ2v) is 9.99. The third kappa shape index (κ3) is 3.60. The van der Waals surface area contributed by atoms with Gasteiger partial charge in [0.2, 0.25) is 5.75 Å². The van der Waals surface area contributed by atoms with E-state index in [9.17, 15) is 20.0 Å². The number of nitrogens with zero attached hydrogens (tertiary/aromatic N) is 1. The van der Waals surface area contributed by atoms with E-state index in [-0.39, 0.29) is 17.1 Å². The van der Waals surface area contributed by atoms with E-state index in [0.29, 0.717) is 17.0 Å². The molecule has 4 rings (SSSR count). The fraction of sp³-hybridized carbons (Fsp3) is 0.500. The number of hydrogen-bond donors (Lipinski definition) is 3. The second kappa shape index (κ2) is 7.71. The Balaban J connectivity index is 1.67. The van der Waals surface area contributed by atoms with Gasteiger partial charge in [-0.1, -0.05) is 27.2 Å². The van der Waals surface area contributed by atoms with Crippen LogP contribution < -0.4 is 15.4 Å². The van der Waals surface area contributed by atoms with Crippen LogP contribution >= 0.6 is 11.3 Å². The molecule has 1 aliphatic heterocycles. The van der Waals surface area contributed by atoms with Gasteiger partial charge in [-0.3, -0.25) is 14.9 Å². The zero-order valence-corrected chi connectivity index (χ0v) is 18.9. The van der Waals surface area contributed by atoms with Crippen LogP contribution in [0.1, 0.15) is 66.1 Å². The number of fused-ring (bicyclic) bond motifs is 3. The lowest BCUT2D eigenvalue weighted by atomic mass is 9.69. The number of amides is 1. The molecule has 2 aromatic rings. The molecule has 2 aliphatic rings. The molecule has 31 heavy (non-hydrogen) atoms. The van der Waals surface area contributed by atoms with Gasteiger partial charge in [0.05, 0.1) is 17.6 Å². The van der Waals surface area contributed by atoms with Crippen molar-refractivity contribution in [3.63, 3.8) is 0 Å². The van der Waals surface area contributed by atoms with Crippen molar-refractivity contribution in [1.29, 1.82) is 0 Å². The van der Waals surface area contributed by atoms with Gasteiger partial charge in [0.15, 0.2) is 5.75 Å². The maximum Gasteiger partial charge on any atom is 0.315 e. The van der Waals surface area contributed by atoms with E-state index in [1.807, 2.05) is 0 Å². The zero-order valence-electron chi connectivity index (χ0n) is 18.1. The Labute approximate surface area is 184 Å². The molecule has 2 unspecified atom stereocenters. The van der Waals surface area contributed by atoms with E-state index < -0.39 is 22.5 Å². The summed E-state index contributed by atoms with van der Waals surface area (Å²) in [7, 11) is 1.33. The third-order valence-corrected chi connectivity index (χ3v) is 8.07. The first-order chi connectivity index (χ1) is 14.7. The van der Waals surface area contributed by atoms with Crippen LogP contribution in [0.15, 0.2) is 12.1 Å². The Bertz CT molecular complexity index is 1060. The third-order valence-electron chi connectivity index (χ3n) is 6.89. The molecular formula is C22H27N3O5S. The smallest absolute Gasteiger partial charge is 0.315 e. The molecule has 2 atom stereocenters. The molecule has 1 aliphatic carbocycles. The van der Waals surface area contributed by atoms with E-state index in [4.69, 9.17) is 4.74 Å². The molecule has 1 aromatic heterocycles. The molecule has 0 fully saturated rings. The minimum Gasteiger partial charge on any atom is -0.500 e. The number of phenols is 1. The van der Waals surface area contributed by atoms with Crippen LogP contribution in [0.5, 0.6) is 11.5 Å². The number of hydrogen-bond acceptors (Lipinski definition) is 7. The zero-order chi connectivity index (χ0) is 22.5. The molecule has 1 aromatic carbocycles. The van der Waals surface area contributed by atoms with Crippen LogP contribution in [0, 0.1) is 21.4 Å². The highest BCUT2D eigenvalue weighted by atomic mass is 32.1. The SMILES string of the molecule is CCC(C)(C)C1CCc2c(sc3c2C(=O)NC(c2cc(OC)c(O)c([N+](=O)[O-])c2)N3)C1. The molecule has 0 saturated carbocycles. The van der Waals surface area contributed by atoms with Crippen molar-refractivity contribution in [3.8, 4) is 11.5 Å². The van der Waals surface area contributed by atoms with Gasteiger partial charge in [0.25, 0.3) is 5.91 Å². The highest BCUT2D eigenvalue weighted by molar-refractivity contribution is 7.16. The average Bonchev–Trinajstić information content (AvgIpc) is 3.11. The Hall–Kier alpha value is -2.81. The molecule has 0 spiro atoms. The number of anilines is 1. The number of thiophene rings is 1. The first-order valence-electron chi connectivity index (χ1n) is 10.4. The highest BCUT2D eigenvalue weighted by Gasteiger charge is 2.38. The number of phenolic OH excluding ortho intramolecular Hbond substituents is 1. The predicted octanol–water partition coefficient (Wildman–Crippen LogP) is 4.77. The molecule has 0 radical (unpaired) electrons. The van der Waals surface area contributed by atoms with Crippen molar-refractivity contribution in [2.24, 2.45) is 11.3 Å². The standard InChI is InChI=1S/C22H27N3O5S/c1-5-22(2,3)12-6-7-13-16(10-12)31-21-17(13)20(27)23-19(24-21)11-8-14(25(28)29)18(26)15(9-11)30-4/h8-9,12,19,24,26H,5-7,10H2,1-4H3,(H,23,27). The normalized spacial score (nSPS) is 20.3. The molecule has 0 bridgehead atoms. The van der Waals surface area contributed by atoms with Gasteiger partial charge in [-0.15, -0.1) is 11.3 Å². The van der Waals surface area contributed by atoms with E-state index in [2.05, 4.69) is 31.4 Å². The van der Waals surface area contributed by atoms with Crippen LogP contribution in [-0.4, -0.2) is 23.0 Å².